The molecule has 22 heavy (non-hydrogen) atoms. The molecular weight excluding hydrogens is 292 g/mol. The molecular formula is C15H18O7. The third-order valence-electron chi connectivity index (χ3n) is 5.38. The number of carbonyl (C=O) groups is 3. The number of esters is 1. The summed E-state index contributed by atoms with van der Waals surface area (Å²) >= 11 is 0. The Morgan fingerprint density at radius 3 is 1.82 bits per heavy atom. The summed E-state index contributed by atoms with van der Waals surface area (Å²) in [5.41, 5.74) is -5.44. The molecule has 0 aromatic carbocycles. The lowest BCUT2D eigenvalue weighted by atomic mass is 9.41. The van der Waals surface area contributed by atoms with Crippen LogP contribution in [0.1, 0.15) is 38.5 Å². The minimum Gasteiger partial charge on any atom is -0.481 e. The zero-order valence-electron chi connectivity index (χ0n) is 12.0. The lowest BCUT2D eigenvalue weighted by Gasteiger charge is -2.65. The Bertz CT molecular complexity index is 563. The van der Waals surface area contributed by atoms with Crippen LogP contribution in [-0.2, 0) is 19.1 Å². The molecule has 120 valence electrons. The van der Waals surface area contributed by atoms with Crippen molar-refractivity contribution in [1.82, 2.24) is 0 Å². The monoisotopic (exact) mass is 310 g/mol. The van der Waals surface area contributed by atoms with E-state index in [1.165, 1.54) is 0 Å². The van der Waals surface area contributed by atoms with Gasteiger partial charge < -0.3 is 20.1 Å². The molecule has 0 aliphatic heterocycles. The fourth-order valence-corrected chi connectivity index (χ4v) is 5.31. The number of carboxylic acid groups (broad SMARTS) is 2. The van der Waals surface area contributed by atoms with Gasteiger partial charge >= 0.3 is 17.9 Å². The molecule has 0 aromatic rings. The van der Waals surface area contributed by atoms with Crippen LogP contribution >= 0.6 is 0 Å². The van der Waals surface area contributed by atoms with Crippen molar-refractivity contribution in [2.75, 3.05) is 0 Å². The Morgan fingerprint density at radius 1 is 0.909 bits per heavy atom. The van der Waals surface area contributed by atoms with Gasteiger partial charge in [-0.1, -0.05) is 6.58 Å². The summed E-state index contributed by atoms with van der Waals surface area (Å²) in [7, 11) is 0. The molecule has 7 nitrogen and oxygen atoms in total. The highest BCUT2D eigenvalue weighted by molar-refractivity contribution is 5.84. The number of ether oxygens (including phenoxy) is 1. The summed E-state index contributed by atoms with van der Waals surface area (Å²) in [6.45, 7) is 3.31. The molecule has 0 amide bonds. The number of carboxylic acids is 2. The first-order valence-electron chi connectivity index (χ1n) is 7.13. The van der Waals surface area contributed by atoms with E-state index in [-0.39, 0.29) is 38.5 Å². The predicted molar refractivity (Wildman–Crippen MR) is 71.8 cm³/mol. The zero-order chi connectivity index (χ0) is 16.4. The first-order chi connectivity index (χ1) is 10.1. The van der Waals surface area contributed by atoms with E-state index < -0.39 is 39.9 Å². The second-order valence-corrected chi connectivity index (χ2v) is 7.26. The Hall–Kier alpha value is -1.89. The van der Waals surface area contributed by atoms with Gasteiger partial charge in [0.2, 0.25) is 0 Å². The van der Waals surface area contributed by atoms with Gasteiger partial charge in [0.25, 0.3) is 0 Å². The van der Waals surface area contributed by atoms with Crippen molar-refractivity contribution < 1.29 is 34.4 Å². The average molecular weight is 310 g/mol. The maximum absolute atomic E-state index is 11.8. The van der Waals surface area contributed by atoms with Crippen molar-refractivity contribution in [3.63, 3.8) is 0 Å². The Balaban J connectivity index is 2.11. The maximum atomic E-state index is 11.8. The number of rotatable bonds is 4. The predicted octanol–water partition coefficient (Wildman–Crippen LogP) is 0.709. The molecule has 0 radical (unpaired) electrons. The van der Waals surface area contributed by atoms with Crippen molar-refractivity contribution in [3.8, 4) is 0 Å². The lowest BCUT2D eigenvalue weighted by Crippen LogP contribution is -2.70. The number of aliphatic carboxylic acids is 2. The van der Waals surface area contributed by atoms with Crippen molar-refractivity contribution in [2.24, 2.45) is 10.8 Å². The summed E-state index contributed by atoms with van der Waals surface area (Å²) in [5, 5.41) is 30.0. The molecule has 4 bridgehead atoms. The van der Waals surface area contributed by atoms with E-state index in [0.717, 1.165) is 6.08 Å². The summed E-state index contributed by atoms with van der Waals surface area (Å²) < 4.78 is 5.37. The SMILES string of the molecule is C=CC(=O)OC12CC3(O)CC(C(=O)O)(C1)CC(C(=O)O)(C3)C2. The normalized spacial score (nSPS) is 45.3. The van der Waals surface area contributed by atoms with Crippen LogP contribution in [-0.4, -0.2) is 44.4 Å². The van der Waals surface area contributed by atoms with Crippen molar-refractivity contribution in [1.29, 1.82) is 0 Å². The Morgan fingerprint density at radius 2 is 1.41 bits per heavy atom. The number of hydrogen-bond acceptors (Lipinski definition) is 5. The van der Waals surface area contributed by atoms with E-state index >= 15 is 0 Å². The highest BCUT2D eigenvalue weighted by atomic mass is 16.6. The highest BCUT2D eigenvalue weighted by Crippen LogP contribution is 2.69. The third kappa shape index (κ3) is 1.88. The van der Waals surface area contributed by atoms with Gasteiger partial charge in [0.1, 0.15) is 5.60 Å². The van der Waals surface area contributed by atoms with E-state index in [2.05, 4.69) is 6.58 Å². The molecule has 4 fully saturated rings. The van der Waals surface area contributed by atoms with Crippen LogP contribution < -0.4 is 0 Å². The standard InChI is InChI=1S/C15H18O7/c1-2-9(16)22-15-6-12(10(17)18)3-13(7-15,11(19)20)5-14(21,4-12)8-15/h2,21H,1,3-8H2,(H,17,18)(H,19,20). The van der Waals surface area contributed by atoms with Gasteiger partial charge in [-0.3, -0.25) is 9.59 Å². The van der Waals surface area contributed by atoms with Crippen molar-refractivity contribution >= 4 is 17.9 Å². The number of carbonyl (C=O) groups excluding carboxylic acids is 1. The van der Waals surface area contributed by atoms with Gasteiger partial charge in [-0.25, -0.2) is 4.79 Å². The second kappa shape index (κ2) is 4.10. The molecule has 7 heteroatoms. The molecule has 0 saturated heterocycles. The largest absolute Gasteiger partial charge is 0.481 e. The minimum absolute atomic E-state index is 0.00223. The van der Waals surface area contributed by atoms with Crippen LogP contribution in [0.4, 0.5) is 0 Å². The van der Waals surface area contributed by atoms with E-state index in [1.54, 1.807) is 0 Å². The van der Waals surface area contributed by atoms with Crippen LogP contribution in [0.5, 0.6) is 0 Å². The molecule has 4 saturated carbocycles. The molecule has 4 rings (SSSR count). The molecule has 4 aliphatic rings. The molecule has 0 spiro atoms. The first-order valence-corrected chi connectivity index (χ1v) is 7.13. The van der Waals surface area contributed by atoms with Gasteiger partial charge in [-0.05, 0) is 19.3 Å². The summed E-state index contributed by atoms with van der Waals surface area (Å²) in [6.07, 6.45) is 1.06. The summed E-state index contributed by atoms with van der Waals surface area (Å²) in [6, 6.07) is 0. The van der Waals surface area contributed by atoms with E-state index in [4.69, 9.17) is 4.74 Å². The molecule has 0 aromatic heterocycles. The van der Waals surface area contributed by atoms with Gasteiger partial charge in [0, 0.05) is 25.3 Å². The quantitative estimate of drug-likeness (QED) is 0.516. The molecule has 3 N–H and O–H groups in total. The van der Waals surface area contributed by atoms with Crippen LogP contribution in [0.25, 0.3) is 0 Å². The van der Waals surface area contributed by atoms with Crippen LogP contribution in [0.15, 0.2) is 12.7 Å². The number of hydrogen-bond donors (Lipinski definition) is 3. The third-order valence-corrected chi connectivity index (χ3v) is 5.38. The van der Waals surface area contributed by atoms with Crippen LogP contribution in [0, 0.1) is 10.8 Å². The zero-order valence-corrected chi connectivity index (χ0v) is 12.0. The summed E-state index contributed by atoms with van der Waals surface area (Å²) in [5.74, 6) is -3.02. The van der Waals surface area contributed by atoms with E-state index in [0.29, 0.717) is 0 Å². The molecule has 2 atom stereocenters. The topological polar surface area (TPSA) is 121 Å². The minimum atomic E-state index is -1.44. The van der Waals surface area contributed by atoms with Crippen molar-refractivity contribution in [2.45, 2.75) is 49.7 Å². The smallest absolute Gasteiger partial charge is 0.330 e. The first kappa shape index (κ1) is 15.0. The second-order valence-electron chi connectivity index (χ2n) is 7.26. The van der Waals surface area contributed by atoms with Crippen LogP contribution in [0.2, 0.25) is 0 Å². The fourth-order valence-electron chi connectivity index (χ4n) is 5.31. The van der Waals surface area contributed by atoms with Gasteiger partial charge in [0.15, 0.2) is 0 Å². The van der Waals surface area contributed by atoms with E-state index in [9.17, 15) is 29.7 Å². The maximum Gasteiger partial charge on any atom is 0.330 e. The average Bonchev–Trinajstić information content (AvgIpc) is 2.34. The van der Waals surface area contributed by atoms with Crippen LogP contribution in [0.3, 0.4) is 0 Å². The van der Waals surface area contributed by atoms with Gasteiger partial charge in [0.05, 0.1) is 16.4 Å². The molecule has 4 aliphatic carbocycles. The van der Waals surface area contributed by atoms with Gasteiger partial charge in [-0.15, -0.1) is 0 Å². The lowest BCUT2D eigenvalue weighted by molar-refractivity contribution is -0.266. The fraction of sp³-hybridized carbons (Fsp3) is 0.667. The number of aliphatic hydroxyl groups is 1. The van der Waals surface area contributed by atoms with E-state index in [1.807, 2.05) is 0 Å². The summed E-state index contributed by atoms with van der Waals surface area (Å²) in [4.78, 5) is 35.2. The van der Waals surface area contributed by atoms with Crippen molar-refractivity contribution in [3.05, 3.63) is 12.7 Å². The highest BCUT2D eigenvalue weighted by Gasteiger charge is 2.74. The van der Waals surface area contributed by atoms with Gasteiger partial charge in [-0.2, -0.15) is 0 Å². The Kier molecular flexibility index (Phi) is 2.80. The molecule has 2 unspecified atom stereocenters. The molecule has 0 heterocycles. The Labute approximate surface area is 126 Å².